The zero-order chi connectivity index (χ0) is 11.4. The van der Waals surface area contributed by atoms with Crippen LogP contribution in [0, 0.1) is 17.2 Å². The molecule has 1 heterocycles. The first kappa shape index (κ1) is 11.5. The molecule has 2 atom stereocenters. The number of hydrogen-bond donors (Lipinski definition) is 1. The quantitative estimate of drug-likeness (QED) is 0.689. The van der Waals surface area contributed by atoms with Crippen LogP contribution < -0.4 is 5.32 Å². The van der Waals surface area contributed by atoms with Crippen molar-refractivity contribution in [3.8, 4) is 6.07 Å². The van der Waals surface area contributed by atoms with Gasteiger partial charge in [-0.1, -0.05) is 6.92 Å². The minimum absolute atomic E-state index is 0.123. The molecular formula is C10H15N3O2. The molecule has 0 spiro atoms. The number of nitriles is 1. The Morgan fingerprint density at radius 1 is 1.80 bits per heavy atom. The smallest absolute Gasteiger partial charge is 0.242 e. The summed E-state index contributed by atoms with van der Waals surface area (Å²) in [6.45, 7) is 4.38. The van der Waals surface area contributed by atoms with E-state index in [4.69, 9.17) is 5.26 Å². The summed E-state index contributed by atoms with van der Waals surface area (Å²) in [7, 11) is 0. The Morgan fingerprint density at radius 2 is 2.47 bits per heavy atom. The fraction of sp³-hybridized carbons (Fsp3) is 0.700. The second-order valence-corrected chi connectivity index (χ2v) is 3.60. The highest BCUT2D eigenvalue weighted by molar-refractivity contribution is 5.90. The van der Waals surface area contributed by atoms with Gasteiger partial charge in [-0.2, -0.15) is 5.26 Å². The van der Waals surface area contributed by atoms with Crippen molar-refractivity contribution in [1.29, 1.82) is 5.26 Å². The summed E-state index contributed by atoms with van der Waals surface area (Å²) in [6, 6.07) is 1.48. The number of hydrogen-bond acceptors (Lipinski definition) is 3. The Bertz CT molecular complexity index is 308. The Labute approximate surface area is 89.0 Å². The summed E-state index contributed by atoms with van der Waals surface area (Å²) in [5.74, 6) is -1.05. The highest BCUT2D eigenvalue weighted by Gasteiger charge is 2.33. The van der Waals surface area contributed by atoms with Crippen molar-refractivity contribution in [1.82, 2.24) is 10.2 Å². The molecule has 1 saturated heterocycles. The minimum Gasteiger partial charge on any atom is -0.353 e. The molecule has 2 amide bonds. The molecular weight excluding hydrogens is 194 g/mol. The van der Waals surface area contributed by atoms with Crippen molar-refractivity contribution in [2.45, 2.75) is 26.3 Å². The molecule has 1 fully saturated rings. The van der Waals surface area contributed by atoms with Crippen molar-refractivity contribution < 1.29 is 9.59 Å². The number of carbonyl (C=O) groups is 2. The summed E-state index contributed by atoms with van der Waals surface area (Å²) in [5.41, 5.74) is 0. The lowest BCUT2D eigenvalue weighted by Gasteiger charge is -2.35. The topological polar surface area (TPSA) is 73.2 Å². The Hall–Kier alpha value is -1.57. The molecule has 0 radical (unpaired) electrons. The van der Waals surface area contributed by atoms with E-state index in [1.54, 1.807) is 6.92 Å². The van der Waals surface area contributed by atoms with Gasteiger partial charge in [0.15, 0.2) is 0 Å². The number of nitrogens with zero attached hydrogens (tertiary/aromatic N) is 2. The first-order chi connectivity index (χ1) is 7.11. The largest absolute Gasteiger partial charge is 0.353 e. The third-order valence-electron chi connectivity index (χ3n) is 2.56. The third-order valence-corrected chi connectivity index (χ3v) is 2.56. The summed E-state index contributed by atoms with van der Waals surface area (Å²) in [5, 5.41) is 11.4. The second kappa shape index (κ2) is 4.78. The molecule has 2 unspecified atom stereocenters. The van der Waals surface area contributed by atoms with Gasteiger partial charge in [0.2, 0.25) is 11.8 Å². The van der Waals surface area contributed by atoms with Crippen LogP contribution in [0.1, 0.15) is 20.3 Å². The molecule has 1 aliphatic rings. The Balaban J connectivity index is 2.79. The van der Waals surface area contributed by atoms with Gasteiger partial charge < -0.3 is 10.2 Å². The van der Waals surface area contributed by atoms with E-state index in [0.717, 1.165) is 0 Å². The van der Waals surface area contributed by atoms with Gasteiger partial charge in [-0.3, -0.25) is 9.59 Å². The predicted molar refractivity (Wildman–Crippen MR) is 53.6 cm³/mol. The number of piperazine rings is 1. The van der Waals surface area contributed by atoms with Crippen LogP contribution in [0.25, 0.3) is 0 Å². The molecule has 0 aromatic carbocycles. The van der Waals surface area contributed by atoms with Crippen LogP contribution in [0.4, 0.5) is 0 Å². The lowest BCUT2D eigenvalue weighted by Crippen LogP contribution is -2.57. The standard InChI is InChI=1S/C10H15N3O2/c1-3-8-9(14)12-4-5-13(8)10(15)7(2)6-11/h7-8H,3-5H2,1-2H3,(H,12,14). The van der Waals surface area contributed by atoms with Gasteiger partial charge >= 0.3 is 0 Å². The molecule has 1 rings (SSSR count). The molecule has 5 nitrogen and oxygen atoms in total. The van der Waals surface area contributed by atoms with E-state index in [9.17, 15) is 9.59 Å². The molecule has 1 N–H and O–H groups in total. The molecule has 82 valence electrons. The second-order valence-electron chi connectivity index (χ2n) is 3.60. The lowest BCUT2D eigenvalue weighted by molar-refractivity contribution is -0.144. The fourth-order valence-electron chi connectivity index (χ4n) is 1.69. The molecule has 0 aromatic heterocycles. The average Bonchev–Trinajstić information content (AvgIpc) is 2.26. The summed E-state index contributed by atoms with van der Waals surface area (Å²) < 4.78 is 0. The molecule has 0 bridgehead atoms. The lowest BCUT2D eigenvalue weighted by atomic mass is 10.1. The van der Waals surface area contributed by atoms with Crippen molar-refractivity contribution in [2.24, 2.45) is 5.92 Å². The zero-order valence-electron chi connectivity index (χ0n) is 8.99. The van der Waals surface area contributed by atoms with E-state index < -0.39 is 12.0 Å². The summed E-state index contributed by atoms with van der Waals surface area (Å²) in [6.07, 6.45) is 0.579. The highest BCUT2D eigenvalue weighted by Crippen LogP contribution is 2.12. The maximum absolute atomic E-state index is 11.8. The van der Waals surface area contributed by atoms with E-state index >= 15 is 0 Å². The van der Waals surface area contributed by atoms with Gasteiger partial charge in [-0.05, 0) is 13.3 Å². The molecule has 0 aliphatic carbocycles. The third kappa shape index (κ3) is 2.27. The highest BCUT2D eigenvalue weighted by atomic mass is 16.2. The SMILES string of the molecule is CCC1C(=O)NCCN1C(=O)C(C)C#N. The van der Waals surface area contributed by atoms with Crippen LogP contribution in [0.15, 0.2) is 0 Å². The van der Waals surface area contributed by atoms with Crippen LogP contribution >= 0.6 is 0 Å². The van der Waals surface area contributed by atoms with Crippen LogP contribution in [0.3, 0.4) is 0 Å². The maximum atomic E-state index is 11.8. The van der Waals surface area contributed by atoms with Crippen LogP contribution in [0.5, 0.6) is 0 Å². The molecule has 1 aliphatic heterocycles. The normalized spacial score (nSPS) is 22.9. The fourth-order valence-corrected chi connectivity index (χ4v) is 1.69. The molecule has 0 saturated carbocycles. The number of rotatable bonds is 2. The first-order valence-electron chi connectivity index (χ1n) is 5.09. The van der Waals surface area contributed by atoms with Gasteiger partial charge in [0.1, 0.15) is 12.0 Å². The summed E-state index contributed by atoms with van der Waals surface area (Å²) >= 11 is 0. The van der Waals surface area contributed by atoms with E-state index in [1.165, 1.54) is 4.90 Å². The average molecular weight is 209 g/mol. The number of carbonyl (C=O) groups excluding carboxylic acids is 2. The van der Waals surface area contributed by atoms with Crippen molar-refractivity contribution in [3.05, 3.63) is 0 Å². The Kier molecular flexibility index (Phi) is 3.67. The monoisotopic (exact) mass is 209 g/mol. The van der Waals surface area contributed by atoms with E-state index in [1.807, 2.05) is 13.0 Å². The van der Waals surface area contributed by atoms with E-state index in [0.29, 0.717) is 19.5 Å². The van der Waals surface area contributed by atoms with Crippen molar-refractivity contribution in [2.75, 3.05) is 13.1 Å². The maximum Gasteiger partial charge on any atom is 0.242 e. The Morgan fingerprint density at radius 3 is 3.00 bits per heavy atom. The first-order valence-corrected chi connectivity index (χ1v) is 5.09. The van der Waals surface area contributed by atoms with Gasteiger partial charge in [0.25, 0.3) is 0 Å². The molecule has 0 aromatic rings. The zero-order valence-corrected chi connectivity index (χ0v) is 8.99. The van der Waals surface area contributed by atoms with Gasteiger partial charge in [-0.25, -0.2) is 0 Å². The number of amides is 2. The van der Waals surface area contributed by atoms with Crippen molar-refractivity contribution >= 4 is 11.8 Å². The molecule has 15 heavy (non-hydrogen) atoms. The van der Waals surface area contributed by atoms with Gasteiger partial charge in [0.05, 0.1) is 6.07 Å². The van der Waals surface area contributed by atoms with Crippen molar-refractivity contribution in [3.63, 3.8) is 0 Å². The predicted octanol–water partition coefficient (Wildman–Crippen LogP) is -0.117. The van der Waals surface area contributed by atoms with E-state index in [2.05, 4.69) is 5.32 Å². The molecule has 5 heteroatoms. The van der Waals surface area contributed by atoms with E-state index in [-0.39, 0.29) is 11.8 Å². The number of nitrogens with one attached hydrogen (secondary N) is 1. The van der Waals surface area contributed by atoms with Crippen LogP contribution in [-0.4, -0.2) is 35.8 Å². The summed E-state index contributed by atoms with van der Waals surface area (Å²) in [4.78, 5) is 24.7. The van der Waals surface area contributed by atoms with Gasteiger partial charge in [-0.15, -0.1) is 0 Å². The minimum atomic E-state index is -0.676. The van der Waals surface area contributed by atoms with Crippen LogP contribution in [-0.2, 0) is 9.59 Å². The van der Waals surface area contributed by atoms with Gasteiger partial charge in [0, 0.05) is 13.1 Å². The van der Waals surface area contributed by atoms with Crippen LogP contribution in [0.2, 0.25) is 0 Å².